The Bertz CT molecular complexity index is 1260. The van der Waals surface area contributed by atoms with Crippen molar-refractivity contribution in [2.24, 2.45) is 0 Å². The minimum atomic E-state index is -0.550. The van der Waals surface area contributed by atoms with Gasteiger partial charge < -0.3 is 19.9 Å². The second kappa shape index (κ2) is 8.43. The van der Waals surface area contributed by atoms with Crippen LogP contribution in [0.25, 0.3) is 10.9 Å². The molecule has 0 radical (unpaired) electrons. The van der Waals surface area contributed by atoms with Gasteiger partial charge in [0.2, 0.25) is 0 Å². The summed E-state index contributed by atoms with van der Waals surface area (Å²) in [5.74, 6) is -0.0692. The number of benzene rings is 2. The third kappa shape index (κ3) is 4.13. The number of urea groups is 1. The van der Waals surface area contributed by atoms with Gasteiger partial charge >= 0.3 is 11.7 Å². The van der Waals surface area contributed by atoms with Gasteiger partial charge in [-0.2, -0.15) is 0 Å². The van der Waals surface area contributed by atoms with Crippen LogP contribution in [-0.2, 0) is 0 Å². The van der Waals surface area contributed by atoms with E-state index in [9.17, 15) is 18.8 Å². The number of nitrogens with zero attached hydrogens (tertiary/aromatic N) is 2. The first-order valence-electron chi connectivity index (χ1n) is 9.71. The molecule has 0 bridgehead atoms. The number of nitrogens with one attached hydrogen (secondary N) is 2. The molecule has 0 saturated carbocycles. The standard InChI is InChI=1S/C21H20ClFN4O4/c1-31-18-5-2-12(22)10-17(18)25-20(29)26-8-6-14(7-9-26)27-19(28)15-11-13(23)3-4-16(15)24-21(27)30/h2-5,10-11,14H,6-9H2,1H3,(H,24,30)(H,25,29). The molecule has 2 N–H and O–H groups in total. The number of halogens is 2. The van der Waals surface area contributed by atoms with Gasteiger partial charge in [0.1, 0.15) is 11.6 Å². The van der Waals surface area contributed by atoms with Crippen molar-refractivity contribution in [2.45, 2.75) is 18.9 Å². The number of amides is 2. The predicted octanol–water partition coefficient (Wildman–Crippen LogP) is 3.36. The summed E-state index contributed by atoms with van der Waals surface area (Å²) in [5.41, 5.74) is -0.341. The lowest BCUT2D eigenvalue weighted by Crippen LogP contribution is -2.46. The first-order valence-corrected chi connectivity index (χ1v) is 10.1. The largest absolute Gasteiger partial charge is 0.495 e. The zero-order valence-electron chi connectivity index (χ0n) is 16.7. The summed E-state index contributed by atoms with van der Waals surface area (Å²) in [6.45, 7) is 0.679. The average Bonchev–Trinajstić information content (AvgIpc) is 2.75. The Morgan fingerprint density at radius 1 is 1.19 bits per heavy atom. The van der Waals surface area contributed by atoms with Gasteiger partial charge in [0.05, 0.1) is 23.7 Å². The maximum atomic E-state index is 13.6. The fourth-order valence-corrected chi connectivity index (χ4v) is 4.00. The van der Waals surface area contributed by atoms with Gasteiger partial charge in [-0.1, -0.05) is 11.6 Å². The summed E-state index contributed by atoms with van der Waals surface area (Å²) in [6, 6.07) is 7.86. The van der Waals surface area contributed by atoms with E-state index in [0.29, 0.717) is 47.9 Å². The van der Waals surface area contributed by atoms with Gasteiger partial charge in [-0.15, -0.1) is 0 Å². The summed E-state index contributed by atoms with van der Waals surface area (Å²) >= 11 is 6.00. The van der Waals surface area contributed by atoms with Crippen molar-refractivity contribution in [2.75, 3.05) is 25.5 Å². The smallest absolute Gasteiger partial charge is 0.329 e. The number of methoxy groups -OCH3 is 1. The predicted molar refractivity (Wildman–Crippen MR) is 116 cm³/mol. The van der Waals surface area contributed by atoms with E-state index < -0.39 is 23.1 Å². The highest BCUT2D eigenvalue weighted by Gasteiger charge is 2.27. The van der Waals surface area contributed by atoms with Gasteiger partial charge in [0, 0.05) is 24.2 Å². The first-order chi connectivity index (χ1) is 14.9. The number of H-pyrrole nitrogens is 1. The molecule has 4 rings (SSSR count). The summed E-state index contributed by atoms with van der Waals surface area (Å²) in [5, 5.41) is 3.36. The van der Waals surface area contributed by atoms with Crippen LogP contribution in [0.1, 0.15) is 18.9 Å². The number of likely N-dealkylation sites (tertiary alicyclic amines) is 1. The van der Waals surface area contributed by atoms with Crippen LogP contribution in [0.15, 0.2) is 46.0 Å². The number of hydrogen-bond acceptors (Lipinski definition) is 4. The Kier molecular flexibility index (Phi) is 5.69. The number of aromatic nitrogens is 2. The second-order valence-electron chi connectivity index (χ2n) is 7.29. The van der Waals surface area contributed by atoms with Gasteiger partial charge in [0.15, 0.2) is 0 Å². The number of aromatic amines is 1. The van der Waals surface area contributed by atoms with E-state index in [2.05, 4.69) is 10.3 Å². The van der Waals surface area contributed by atoms with Gasteiger partial charge in [-0.25, -0.2) is 14.0 Å². The van der Waals surface area contributed by atoms with Crippen LogP contribution in [0.5, 0.6) is 5.75 Å². The third-order valence-corrected chi connectivity index (χ3v) is 5.65. The Labute approximate surface area is 181 Å². The zero-order chi connectivity index (χ0) is 22.1. The van der Waals surface area contributed by atoms with E-state index in [4.69, 9.17) is 16.3 Å². The number of rotatable bonds is 3. The second-order valence-corrected chi connectivity index (χ2v) is 7.72. The van der Waals surface area contributed by atoms with Crippen molar-refractivity contribution in [3.05, 3.63) is 68.1 Å². The van der Waals surface area contributed by atoms with Crippen LogP contribution in [0, 0.1) is 5.82 Å². The molecule has 31 heavy (non-hydrogen) atoms. The van der Waals surface area contributed by atoms with Gasteiger partial charge in [-0.3, -0.25) is 9.36 Å². The molecule has 10 heteroatoms. The molecule has 1 aromatic heterocycles. The Morgan fingerprint density at radius 3 is 2.65 bits per heavy atom. The van der Waals surface area contributed by atoms with E-state index >= 15 is 0 Å². The molecule has 8 nitrogen and oxygen atoms in total. The number of piperidine rings is 1. The van der Waals surface area contributed by atoms with Crippen LogP contribution in [0.4, 0.5) is 14.9 Å². The van der Waals surface area contributed by atoms with Crippen LogP contribution in [0.2, 0.25) is 5.02 Å². The van der Waals surface area contributed by atoms with E-state index in [-0.39, 0.29) is 11.4 Å². The summed E-state index contributed by atoms with van der Waals surface area (Å²) in [4.78, 5) is 42.2. The van der Waals surface area contributed by atoms with E-state index in [1.165, 1.54) is 19.2 Å². The van der Waals surface area contributed by atoms with E-state index in [0.717, 1.165) is 10.6 Å². The molecule has 2 heterocycles. The lowest BCUT2D eigenvalue weighted by atomic mass is 10.0. The summed E-state index contributed by atoms with van der Waals surface area (Å²) in [7, 11) is 1.50. The average molecular weight is 447 g/mol. The van der Waals surface area contributed by atoms with Crippen molar-refractivity contribution in [3.63, 3.8) is 0 Å². The highest BCUT2D eigenvalue weighted by molar-refractivity contribution is 6.31. The molecule has 1 aliphatic rings. The molecule has 162 valence electrons. The first kappa shape index (κ1) is 20.9. The summed E-state index contributed by atoms with van der Waals surface area (Å²) < 4.78 is 19.9. The number of carbonyl (C=O) groups excluding carboxylic acids is 1. The topological polar surface area (TPSA) is 96.4 Å². The number of hydrogen-bond donors (Lipinski definition) is 2. The zero-order valence-corrected chi connectivity index (χ0v) is 17.4. The van der Waals surface area contributed by atoms with Gasteiger partial charge in [0.25, 0.3) is 5.56 Å². The fraction of sp³-hybridized carbons (Fsp3) is 0.286. The van der Waals surface area contributed by atoms with Crippen molar-refractivity contribution in [1.82, 2.24) is 14.5 Å². The highest BCUT2D eigenvalue weighted by Crippen LogP contribution is 2.28. The van der Waals surface area contributed by atoms with E-state index in [1.54, 1.807) is 23.1 Å². The monoisotopic (exact) mass is 446 g/mol. The Morgan fingerprint density at radius 2 is 1.94 bits per heavy atom. The molecule has 3 aromatic rings. The lowest BCUT2D eigenvalue weighted by Gasteiger charge is -2.32. The molecule has 1 aliphatic heterocycles. The third-order valence-electron chi connectivity index (χ3n) is 5.41. The van der Waals surface area contributed by atoms with Crippen LogP contribution >= 0.6 is 11.6 Å². The lowest BCUT2D eigenvalue weighted by molar-refractivity contribution is 0.181. The molecule has 1 saturated heterocycles. The molecule has 0 aliphatic carbocycles. The molecule has 0 unspecified atom stereocenters. The molecule has 2 amide bonds. The number of fused-ring (bicyclic) bond motifs is 1. The minimum Gasteiger partial charge on any atom is -0.495 e. The van der Waals surface area contributed by atoms with Crippen molar-refractivity contribution in [1.29, 1.82) is 0 Å². The highest BCUT2D eigenvalue weighted by atomic mass is 35.5. The molecule has 1 fully saturated rings. The fourth-order valence-electron chi connectivity index (χ4n) is 3.83. The normalized spacial score (nSPS) is 14.6. The SMILES string of the molecule is COc1ccc(Cl)cc1NC(=O)N1CCC(n2c(=O)[nH]c3ccc(F)cc3c2=O)CC1. The Hall–Kier alpha value is -3.33. The molecular weight excluding hydrogens is 427 g/mol. The molecule has 0 atom stereocenters. The minimum absolute atomic E-state index is 0.118. The van der Waals surface area contributed by atoms with Crippen LogP contribution in [0.3, 0.4) is 0 Å². The van der Waals surface area contributed by atoms with Crippen LogP contribution < -0.4 is 21.3 Å². The molecule has 2 aromatic carbocycles. The Balaban J connectivity index is 1.50. The maximum absolute atomic E-state index is 13.6. The maximum Gasteiger partial charge on any atom is 0.329 e. The van der Waals surface area contributed by atoms with Crippen molar-refractivity contribution >= 4 is 34.2 Å². The molecule has 0 spiro atoms. The number of ether oxygens (including phenoxy) is 1. The summed E-state index contributed by atoms with van der Waals surface area (Å²) in [6.07, 6.45) is 0.813. The van der Waals surface area contributed by atoms with Crippen molar-refractivity contribution < 1.29 is 13.9 Å². The van der Waals surface area contributed by atoms with E-state index in [1.807, 2.05) is 0 Å². The number of anilines is 1. The quantitative estimate of drug-likeness (QED) is 0.644. The van der Waals surface area contributed by atoms with Crippen molar-refractivity contribution in [3.8, 4) is 5.75 Å². The van der Waals surface area contributed by atoms with Crippen LogP contribution in [-0.4, -0.2) is 40.7 Å². The molecular formula is C21H20ClFN4O4. The van der Waals surface area contributed by atoms with Gasteiger partial charge in [-0.05, 0) is 49.2 Å². The number of carbonyl (C=O) groups is 1.